The van der Waals surface area contributed by atoms with Crippen molar-refractivity contribution in [3.8, 4) is 11.6 Å². The van der Waals surface area contributed by atoms with Crippen LogP contribution in [0.4, 0.5) is 5.69 Å². The van der Waals surface area contributed by atoms with Crippen LogP contribution in [0.5, 0.6) is 5.95 Å². The molecule has 0 saturated heterocycles. The molecule has 0 aliphatic heterocycles. The van der Waals surface area contributed by atoms with E-state index in [4.69, 9.17) is 5.73 Å². The number of aromatic nitrogens is 2. The van der Waals surface area contributed by atoms with Crippen LogP contribution >= 0.6 is 22.6 Å². The Morgan fingerprint density at radius 3 is 2.71 bits per heavy atom. The summed E-state index contributed by atoms with van der Waals surface area (Å²) in [5.41, 5.74) is 6.91. The Labute approximate surface area is 93.2 Å². The van der Waals surface area contributed by atoms with Crippen molar-refractivity contribution in [3.05, 3.63) is 28.0 Å². The van der Waals surface area contributed by atoms with Gasteiger partial charge in [-0.05, 0) is 10.7 Å². The zero-order chi connectivity index (χ0) is 10.1. The van der Waals surface area contributed by atoms with E-state index in [9.17, 15) is 5.11 Å². The Morgan fingerprint density at radius 2 is 2.14 bits per heavy atom. The van der Waals surface area contributed by atoms with Crippen molar-refractivity contribution < 1.29 is 14.3 Å². The van der Waals surface area contributed by atoms with Crippen molar-refractivity contribution in [2.75, 3.05) is 5.73 Å². The molecular formula is C8H6IN3O2. The van der Waals surface area contributed by atoms with Gasteiger partial charge in [0.05, 0.1) is 5.27 Å². The minimum absolute atomic E-state index is 0.375. The molecule has 0 amide bonds. The van der Waals surface area contributed by atoms with Gasteiger partial charge in [-0.3, -0.25) is 0 Å². The van der Waals surface area contributed by atoms with Crippen molar-refractivity contribution in [1.29, 1.82) is 0 Å². The monoisotopic (exact) mass is 303 g/mol. The van der Waals surface area contributed by atoms with Crippen LogP contribution in [0.15, 0.2) is 28.8 Å². The molecule has 14 heavy (non-hydrogen) atoms. The fraction of sp³-hybridized carbons (Fsp3) is 0. The number of rotatable bonds is 1. The van der Waals surface area contributed by atoms with Gasteiger partial charge in [-0.15, -0.1) is 0 Å². The smallest absolute Gasteiger partial charge is 0.298 e. The fourth-order valence-corrected chi connectivity index (χ4v) is 1.51. The molecule has 0 unspecified atom stereocenters. The average molecular weight is 303 g/mol. The normalized spacial score (nSPS) is 10.4. The number of nitrogens with zero attached hydrogens (tertiary/aromatic N) is 2. The molecule has 0 aliphatic carbocycles. The van der Waals surface area contributed by atoms with E-state index >= 15 is 0 Å². The highest BCUT2D eigenvalue weighted by Gasteiger charge is 2.19. The van der Waals surface area contributed by atoms with Crippen molar-refractivity contribution in [2.45, 2.75) is 0 Å². The zero-order valence-corrected chi connectivity index (χ0v) is 9.13. The molecule has 0 fully saturated rings. The molecule has 2 aromatic rings. The van der Waals surface area contributed by atoms with E-state index in [1.54, 1.807) is 12.1 Å². The van der Waals surface area contributed by atoms with Crippen molar-refractivity contribution >= 4 is 28.3 Å². The molecule has 2 N–H and O–H groups in total. The lowest BCUT2D eigenvalue weighted by Gasteiger charge is -1.94. The first-order valence-corrected chi connectivity index (χ1v) is 4.87. The second-order valence-corrected chi connectivity index (χ2v) is 3.64. The fourth-order valence-electron chi connectivity index (χ4n) is 1.07. The second kappa shape index (κ2) is 3.45. The zero-order valence-electron chi connectivity index (χ0n) is 6.98. The predicted molar refractivity (Wildman–Crippen MR) is 54.6 cm³/mol. The van der Waals surface area contributed by atoms with E-state index < -0.39 is 5.95 Å². The number of hydrogen-bond donors (Lipinski definition) is 1. The maximum absolute atomic E-state index is 11.0. The van der Waals surface area contributed by atoms with Crippen molar-refractivity contribution in [3.63, 3.8) is 0 Å². The van der Waals surface area contributed by atoms with E-state index in [2.05, 4.69) is 9.79 Å². The number of anilines is 1. The summed E-state index contributed by atoms with van der Waals surface area (Å²) >= 11 is 1.86. The molecular weight excluding hydrogens is 297 g/mol. The number of nitrogens with two attached hydrogens (primary N) is 1. The SMILES string of the molecule is Nc1ccccc1-[n+]1noc([O-])c1I. The molecule has 0 atom stereocenters. The van der Waals surface area contributed by atoms with Crippen LogP contribution in [0.3, 0.4) is 0 Å². The maximum Gasteiger partial charge on any atom is 0.298 e. The van der Waals surface area contributed by atoms with Crippen LogP contribution in [-0.2, 0) is 0 Å². The van der Waals surface area contributed by atoms with Gasteiger partial charge in [0.2, 0.25) is 0 Å². The number of nitrogen functional groups attached to an aromatic ring is 1. The molecule has 0 spiro atoms. The van der Waals surface area contributed by atoms with E-state index in [1.165, 1.54) is 4.68 Å². The summed E-state index contributed by atoms with van der Waals surface area (Å²) in [6.45, 7) is 0. The maximum atomic E-state index is 11.0. The minimum Gasteiger partial charge on any atom is -0.538 e. The van der Waals surface area contributed by atoms with E-state index in [0.29, 0.717) is 15.1 Å². The number of hydrogen-bond acceptors (Lipinski definition) is 4. The third-order valence-corrected chi connectivity index (χ3v) is 2.62. The summed E-state index contributed by atoms with van der Waals surface area (Å²) in [6.07, 6.45) is 0. The molecule has 1 aromatic heterocycles. The van der Waals surface area contributed by atoms with Crippen LogP contribution in [0.1, 0.15) is 0 Å². The average Bonchev–Trinajstić information content (AvgIpc) is 2.49. The Balaban J connectivity index is 2.60. The molecule has 1 aromatic carbocycles. The van der Waals surface area contributed by atoms with Crippen LogP contribution in [0.2, 0.25) is 0 Å². The van der Waals surface area contributed by atoms with Gasteiger partial charge < -0.3 is 15.4 Å². The summed E-state index contributed by atoms with van der Waals surface area (Å²) in [4.78, 5) is 0. The molecule has 0 aliphatic rings. The second-order valence-electron chi connectivity index (χ2n) is 2.62. The first kappa shape index (κ1) is 9.25. The summed E-state index contributed by atoms with van der Waals surface area (Å²) in [5.74, 6) is -0.464. The molecule has 0 bridgehead atoms. The molecule has 5 nitrogen and oxygen atoms in total. The van der Waals surface area contributed by atoms with Crippen molar-refractivity contribution in [1.82, 2.24) is 5.27 Å². The topological polar surface area (TPSA) is 79.0 Å². The van der Waals surface area contributed by atoms with E-state index in [0.717, 1.165) is 0 Å². The lowest BCUT2D eigenvalue weighted by molar-refractivity contribution is -0.681. The van der Waals surface area contributed by atoms with Crippen molar-refractivity contribution in [2.24, 2.45) is 0 Å². The molecule has 2 rings (SSSR count). The molecule has 72 valence electrons. The Morgan fingerprint density at radius 1 is 1.43 bits per heavy atom. The van der Waals surface area contributed by atoms with Gasteiger partial charge >= 0.3 is 0 Å². The van der Waals surface area contributed by atoms with Gasteiger partial charge in [0.15, 0.2) is 5.95 Å². The van der Waals surface area contributed by atoms with Gasteiger partial charge in [0.25, 0.3) is 9.39 Å². The third kappa shape index (κ3) is 1.41. The lowest BCUT2D eigenvalue weighted by Crippen LogP contribution is -2.36. The van der Waals surface area contributed by atoms with Gasteiger partial charge in [-0.1, -0.05) is 12.1 Å². The molecule has 0 saturated carbocycles. The Kier molecular flexibility index (Phi) is 2.28. The highest BCUT2D eigenvalue weighted by atomic mass is 127. The van der Waals surface area contributed by atoms with Crippen LogP contribution in [0.25, 0.3) is 5.69 Å². The van der Waals surface area contributed by atoms with Crippen LogP contribution in [-0.4, -0.2) is 5.27 Å². The summed E-state index contributed by atoms with van der Waals surface area (Å²) < 4.78 is 6.25. The Hall–Kier alpha value is -1.31. The highest BCUT2D eigenvalue weighted by molar-refractivity contribution is 14.1. The van der Waals surface area contributed by atoms with Gasteiger partial charge in [-0.25, -0.2) is 0 Å². The number of para-hydroxylation sites is 2. The first-order chi connectivity index (χ1) is 6.70. The molecule has 1 heterocycles. The number of halogens is 1. The summed E-state index contributed by atoms with van der Waals surface area (Å²) in [7, 11) is 0. The van der Waals surface area contributed by atoms with E-state index in [-0.39, 0.29) is 0 Å². The standard InChI is InChI=1S/C8H6IN3O2/c9-7-8(13)14-11-12(7)6-4-2-1-3-5(6)10/h1-4H,(H2-,10,11,13). The Bertz CT molecular complexity index is 469. The molecule has 6 heteroatoms. The third-order valence-electron chi connectivity index (χ3n) is 1.72. The van der Waals surface area contributed by atoms with Gasteiger partial charge in [-0.2, -0.15) is 0 Å². The lowest BCUT2D eigenvalue weighted by atomic mass is 10.3. The quantitative estimate of drug-likeness (QED) is 0.464. The van der Waals surface area contributed by atoms with Gasteiger partial charge in [0, 0.05) is 28.7 Å². The van der Waals surface area contributed by atoms with Crippen LogP contribution in [0, 0.1) is 3.70 Å². The van der Waals surface area contributed by atoms with Crippen LogP contribution < -0.4 is 15.5 Å². The summed E-state index contributed by atoms with van der Waals surface area (Å²) in [5, 5.41) is 14.6. The first-order valence-electron chi connectivity index (χ1n) is 3.79. The largest absolute Gasteiger partial charge is 0.538 e. The van der Waals surface area contributed by atoms with E-state index in [1.807, 2.05) is 34.7 Å². The highest BCUT2D eigenvalue weighted by Crippen LogP contribution is 2.15. The minimum atomic E-state index is -0.464. The molecule has 0 radical (unpaired) electrons. The van der Waals surface area contributed by atoms with Gasteiger partial charge in [0.1, 0.15) is 5.69 Å². The predicted octanol–water partition coefficient (Wildman–Crippen LogP) is 0.212. The summed E-state index contributed by atoms with van der Waals surface area (Å²) in [6, 6.07) is 7.12. The number of benzene rings is 1.